The highest BCUT2D eigenvalue weighted by Gasteiger charge is 2.33. The Labute approximate surface area is 145 Å². The molecule has 2 N–H and O–H groups in total. The number of carbonyl (C=O) groups is 1. The average molecular weight is 336 g/mol. The van der Waals surface area contributed by atoms with Crippen molar-refractivity contribution in [3.63, 3.8) is 0 Å². The first-order valence-electron chi connectivity index (χ1n) is 8.38. The normalized spacial score (nSPS) is 17.3. The lowest BCUT2D eigenvalue weighted by atomic mass is 10.1. The largest absolute Gasteiger partial charge is 0.491 e. The Morgan fingerprint density at radius 1 is 1.20 bits per heavy atom. The Kier molecular flexibility index (Phi) is 3.80. The van der Waals surface area contributed by atoms with Gasteiger partial charge in [-0.3, -0.25) is 4.90 Å². The molecule has 0 radical (unpaired) electrons. The van der Waals surface area contributed by atoms with E-state index in [1.165, 1.54) is 0 Å². The molecule has 0 spiro atoms. The molecular weight excluding hydrogens is 316 g/mol. The van der Waals surface area contributed by atoms with Crippen LogP contribution >= 0.6 is 0 Å². The van der Waals surface area contributed by atoms with E-state index in [4.69, 9.17) is 4.74 Å². The van der Waals surface area contributed by atoms with Gasteiger partial charge in [-0.1, -0.05) is 12.1 Å². The fourth-order valence-electron chi connectivity index (χ4n) is 3.18. The van der Waals surface area contributed by atoms with E-state index in [2.05, 4.69) is 15.3 Å². The summed E-state index contributed by atoms with van der Waals surface area (Å²) >= 11 is 0. The van der Waals surface area contributed by atoms with Crippen LogP contribution < -0.4 is 15.0 Å². The first-order valence-corrected chi connectivity index (χ1v) is 8.38. The quantitative estimate of drug-likeness (QED) is 0.764. The maximum Gasteiger partial charge on any atom is 0.322 e. The van der Waals surface area contributed by atoms with Crippen LogP contribution in [0, 0.1) is 0 Å². The number of fused-ring (bicyclic) bond motifs is 1. The molecule has 1 fully saturated rings. The van der Waals surface area contributed by atoms with Crippen LogP contribution in [0.2, 0.25) is 0 Å². The second-order valence-electron chi connectivity index (χ2n) is 6.41. The second kappa shape index (κ2) is 6.12. The minimum absolute atomic E-state index is 0.0547. The summed E-state index contributed by atoms with van der Waals surface area (Å²) in [5.41, 5.74) is 3.71. The first kappa shape index (κ1) is 15.5. The van der Waals surface area contributed by atoms with Gasteiger partial charge in [0.1, 0.15) is 5.75 Å². The van der Waals surface area contributed by atoms with Gasteiger partial charge in [-0.05, 0) is 49.7 Å². The van der Waals surface area contributed by atoms with E-state index < -0.39 is 0 Å². The van der Waals surface area contributed by atoms with Crippen molar-refractivity contribution in [1.82, 2.24) is 15.3 Å². The number of ether oxygens (including phenoxy) is 1. The monoisotopic (exact) mass is 336 g/mol. The van der Waals surface area contributed by atoms with E-state index in [1.807, 2.05) is 56.3 Å². The molecule has 128 valence electrons. The van der Waals surface area contributed by atoms with Crippen LogP contribution in [0.1, 0.15) is 25.5 Å². The average Bonchev–Trinajstić information content (AvgIpc) is 3.20. The summed E-state index contributed by atoms with van der Waals surface area (Å²) in [7, 11) is 0. The number of H-pyrrole nitrogens is 1. The molecule has 1 unspecified atom stereocenters. The van der Waals surface area contributed by atoms with Crippen molar-refractivity contribution in [3.8, 4) is 5.75 Å². The van der Waals surface area contributed by atoms with E-state index in [9.17, 15) is 4.79 Å². The molecule has 6 heteroatoms. The lowest BCUT2D eigenvalue weighted by Gasteiger charge is -2.24. The molecule has 1 aliphatic rings. The Morgan fingerprint density at radius 2 is 2.00 bits per heavy atom. The summed E-state index contributed by atoms with van der Waals surface area (Å²) < 4.78 is 5.70. The fourth-order valence-corrected chi connectivity index (χ4v) is 3.18. The van der Waals surface area contributed by atoms with Gasteiger partial charge in [0, 0.05) is 12.2 Å². The van der Waals surface area contributed by atoms with Gasteiger partial charge in [0.05, 0.1) is 29.5 Å². The maximum atomic E-state index is 12.4. The zero-order valence-electron chi connectivity index (χ0n) is 14.2. The molecule has 0 saturated carbocycles. The second-order valence-corrected chi connectivity index (χ2v) is 6.41. The molecule has 2 heterocycles. The van der Waals surface area contributed by atoms with Gasteiger partial charge in [0.2, 0.25) is 0 Å². The smallest absolute Gasteiger partial charge is 0.322 e. The molecule has 1 saturated heterocycles. The topological polar surface area (TPSA) is 70.2 Å². The third kappa shape index (κ3) is 2.91. The van der Waals surface area contributed by atoms with Crippen molar-refractivity contribution in [2.45, 2.75) is 26.0 Å². The number of aromatic nitrogens is 2. The van der Waals surface area contributed by atoms with Gasteiger partial charge in [-0.15, -0.1) is 0 Å². The van der Waals surface area contributed by atoms with Gasteiger partial charge in [-0.2, -0.15) is 0 Å². The number of carbonyl (C=O) groups excluding carboxylic acids is 1. The van der Waals surface area contributed by atoms with E-state index in [0.717, 1.165) is 28.0 Å². The van der Waals surface area contributed by atoms with E-state index in [0.29, 0.717) is 6.54 Å². The predicted molar refractivity (Wildman–Crippen MR) is 96.9 cm³/mol. The van der Waals surface area contributed by atoms with Gasteiger partial charge in [0.15, 0.2) is 0 Å². The van der Waals surface area contributed by atoms with Gasteiger partial charge < -0.3 is 15.0 Å². The van der Waals surface area contributed by atoms with E-state index in [-0.39, 0.29) is 18.2 Å². The molecule has 25 heavy (non-hydrogen) atoms. The molecule has 1 atom stereocenters. The van der Waals surface area contributed by atoms with Crippen molar-refractivity contribution in [1.29, 1.82) is 0 Å². The summed E-state index contributed by atoms with van der Waals surface area (Å²) in [6.07, 6.45) is 1.79. The van der Waals surface area contributed by atoms with Gasteiger partial charge >= 0.3 is 6.03 Å². The van der Waals surface area contributed by atoms with Gasteiger partial charge in [0.25, 0.3) is 0 Å². The summed E-state index contributed by atoms with van der Waals surface area (Å²) in [5.74, 6) is 0.835. The number of anilines is 1. The number of hydrogen-bond donors (Lipinski definition) is 2. The molecule has 6 nitrogen and oxygen atoms in total. The van der Waals surface area contributed by atoms with Crippen molar-refractivity contribution >= 4 is 22.8 Å². The summed E-state index contributed by atoms with van der Waals surface area (Å²) in [4.78, 5) is 21.5. The molecule has 1 aliphatic heterocycles. The van der Waals surface area contributed by atoms with Crippen molar-refractivity contribution in [3.05, 3.63) is 54.4 Å². The van der Waals surface area contributed by atoms with Crippen LogP contribution in [0.15, 0.2) is 48.8 Å². The molecule has 2 aromatic carbocycles. The third-order valence-electron chi connectivity index (χ3n) is 4.30. The van der Waals surface area contributed by atoms with Crippen LogP contribution in [-0.2, 0) is 0 Å². The zero-order chi connectivity index (χ0) is 17.4. The summed E-state index contributed by atoms with van der Waals surface area (Å²) in [5, 5.41) is 2.94. The number of nitrogens with zero attached hydrogens (tertiary/aromatic N) is 2. The highest BCUT2D eigenvalue weighted by Crippen LogP contribution is 2.32. The highest BCUT2D eigenvalue weighted by atomic mass is 16.5. The van der Waals surface area contributed by atoms with Crippen LogP contribution in [0.3, 0.4) is 0 Å². The van der Waals surface area contributed by atoms with Crippen molar-refractivity contribution < 1.29 is 9.53 Å². The molecule has 0 aliphatic carbocycles. The SMILES string of the molecule is CC(C)Oc1ccc(C2CNC(=O)N2c2ccc3nc[nH]c3c2)cc1. The maximum absolute atomic E-state index is 12.4. The minimum atomic E-state index is -0.0913. The lowest BCUT2D eigenvalue weighted by molar-refractivity contribution is 0.242. The Bertz CT molecular complexity index is 901. The summed E-state index contributed by atoms with van der Waals surface area (Å²) in [6, 6.07) is 13.6. The number of benzene rings is 2. The molecule has 4 rings (SSSR count). The van der Waals surface area contributed by atoms with Crippen molar-refractivity contribution in [2.24, 2.45) is 0 Å². The standard InChI is InChI=1S/C19H20N4O2/c1-12(2)25-15-6-3-13(4-7-15)18-10-20-19(24)23(18)14-5-8-16-17(9-14)22-11-21-16/h3-9,11-12,18H,10H2,1-2H3,(H,20,24)(H,21,22). The van der Waals surface area contributed by atoms with Crippen molar-refractivity contribution in [2.75, 3.05) is 11.4 Å². The number of hydrogen-bond acceptors (Lipinski definition) is 3. The third-order valence-corrected chi connectivity index (χ3v) is 4.30. The Hall–Kier alpha value is -3.02. The summed E-state index contributed by atoms with van der Waals surface area (Å²) in [6.45, 7) is 4.58. The first-order chi connectivity index (χ1) is 12.1. The van der Waals surface area contributed by atoms with Crippen LogP contribution in [0.5, 0.6) is 5.75 Å². The van der Waals surface area contributed by atoms with E-state index in [1.54, 1.807) is 11.2 Å². The predicted octanol–water partition coefficient (Wildman–Crippen LogP) is 3.62. The van der Waals surface area contributed by atoms with Crippen LogP contribution in [0.4, 0.5) is 10.5 Å². The molecule has 3 aromatic rings. The molecule has 1 aromatic heterocycles. The zero-order valence-corrected chi connectivity index (χ0v) is 14.2. The minimum Gasteiger partial charge on any atom is -0.491 e. The van der Waals surface area contributed by atoms with Crippen LogP contribution in [-0.4, -0.2) is 28.6 Å². The number of amides is 2. The number of rotatable bonds is 4. The number of aromatic amines is 1. The Balaban J connectivity index is 1.65. The Morgan fingerprint density at radius 3 is 2.76 bits per heavy atom. The highest BCUT2D eigenvalue weighted by molar-refractivity contribution is 5.97. The number of nitrogens with one attached hydrogen (secondary N) is 2. The molecular formula is C19H20N4O2. The number of urea groups is 1. The lowest BCUT2D eigenvalue weighted by Crippen LogP contribution is -2.29. The number of imidazole rings is 1. The van der Waals surface area contributed by atoms with Gasteiger partial charge in [-0.25, -0.2) is 9.78 Å². The molecule has 0 bridgehead atoms. The van der Waals surface area contributed by atoms with E-state index >= 15 is 0 Å². The van der Waals surface area contributed by atoms with Crippen LogP contribution in [0.25, 0.3) is 11.0 Å². The molecule has 2 amide bonds. The fraction of sp³-hybridized carbons (Fsp3) is 0.263.